The van der Waals surface area contributed by atoms with E-state index in [1.54, 1.807) is 0 Å². The van der Waals surface area contributed by atoms with Gasteiger partial charge in [-0.15, -0.1) is 8.19 Å². The molecule has 2 aromatic carbocycles. The second kappa shape index (κ2) is 3.56. The molecular formula is C14H11P. The summed E-state index contributed by atoms with van der Waals surface area (Å²) in [4.78, 5) is 0. The molecule has 0 aliphatic heterocycles. The van der Waals surface area contributed by atoms with E-state index in [1.807, 2.05) is 0 Å². The zero-order chi connectivity index (χ0) is 10.1. The van der Waals surface area contributed by atoms with E-state index in [1.165, 1.54) is 21.6 Å². The molecule has 72 valence electrons. The number of rotatable bonds is 1. The van der Waals surface area contributed by atoms with Crippen LogP contribution in [-0.4, -0.2) is 0 Å². The van der Waals surface area contributed by atoms with E-state index >= 15 is 0 Å². The van der Waals surface area contributed by atoms with Gasteiger partial charge in [0.1, 0.15) is 0 Å². The van der Waals surface area contributed by atoms with Gasteiger partial charge in [0, 0.05) is 0 Å². The predicted octanol–water partition coefficient (Wildman–Crippen LogP) is 4.54. The van der Waals surface area contributed by atoms with Gasteiger partial charge in [-0.3, -0.25) is 0 Å². The molecule has 0 bridgehead atoms. The zero-order valence-corrected chi connectivity index (χ0v) is 9.27. The summed E-state index contributed by atoms with van der Waals surface area (Å²) in [5.74, 6) is 2.35. The Morgan fingerprint density at radius 3 is 2.33 bits per heavy atom. The molecule has 0 N–H and O–H groups in total. The maximum Gasteiger partial charge on any atom is -0.00118 e. The minimum atomic E-state index is 0.824. The minimum Gasteiger partial charge on any atom is -0.131 e. The maximum absolute atomic E-state index is 2.35. The Labute approximate surface area is 90.7 Å². The third-order valence-electron chi connectivity index (χ3n) is 2.67. The van der Waals surface area contributed by atoms with Crippen LogP contribution in [0.25, 0.3) is 21.6 Å². The quantitative estimate of drug-likeness (QED) is 0.553. The van der Waals surface area contributed by atoms with Gasteiger partial charge in [0.25, 0.3) is 0 Å². The molecule has 0 spiro atoms. The lowest BCUT2D eigenvalue weighted by Crippen LogP contribution is -1.73. The molecule has 3 rings (SSSR count). The Balaban J connectivity index is 2.28. The lowest BCUT2D eigenvalue weighted by atomic mass is 10.1. The second-order valence-electron chi connectivity index (χ2n) is 3.61. The molecule has 1 atom stereocenters. The average Bonchev–Trinajstić information content (AvgIpc) is 2.74. The van der Waals surface area contributed by atoms with E-state index in [2.05, 4.69) is 60.4 Å². The third kappa shape index (κ3) is 1.48. The molecule has 1 unspecified atom stereocenters. The molecule has 3 aromatic rings. The molecule has 0 aliphatic rings. The number of fused-ring (bicyclic) bond motifs is 1. The van der Waals surface area contributed by atoms with Crippen molar-refractivity contribution in [1.82, 2.24) is 0 Å². The van der Waals surface area contributed by atoms with Crippen LogP contribution < -0.4 is 0 Å². The highest BCUT2D eigenvalue weighted by Gasteiger charge is 2.03. The van der Waals surface area contributed by atoms with Gasteiger partial charge >= 0.3 is 0 Å². The van der Waals surface area contributed by atoms with Crippen molar-refractivity contribution in [2.45, 2.75) is 0 Å². The molecule has 0 saturated heterocycles. The fourth-order valence-electron chi connectivity index (χ4n) is 1.93. The molecule has 0 nitrogen and oxygen atoms in total. The fourth-order valence-corrected chi connectivity index (χ4v) is 3.12. The smallest absolute Gasteiger partial charge is 0.00118 e. The van der Waals surface area contributed by atoms with E-state index in [-0.39, 0.29) is 0 Å². The molecule has 0 amide bonds. The third-order valence-corrected chi connectivity index (χ3v) is 3.85. The topological polar surface area (TPSA) is 0 Å². The first kappa shape index (κ1) is 8.76. The van der Waals surface area contributed by atoms with Crippen LogP contribution in [0.4, 0.5) is 0 Å². The average molecular weight is 210 g/mol. The van der Waals surface area contributed by atoms with Gasteiger partial charge in [-0.1, -0.05) is 54.6 Å². The Hall–Kier alpha value is -1.52. The van der Waals surface area contributed by atoms with Crippen molar-refractivity contribution >= 4 is 18.7 Å². The molecular weight excluding hydrogens is 199 g/mol. The van der Waals surface area contributed by atoms with Crippen LogP contribution >= 0.6 is 8.19 Å². The summed E-state index contributed by atoms with van der Waals surface area (Å²) < 4.78 is 0. The molecule has 15 heavy (non-hydrogen) atoms. The molecule has 1 aromatic heterocycles. The Bertz CT molecular complexity index is 578. The highest BCUT2D eigenvalue weighted by atomic mass is 31.0. The summed E-state index contributed by atoms with van der Waals surface area (Å²) in [6.45, 7) is 0. The lowest BCUT2D eigenvalue weighted by molar-refractivity contribution is 1.69. The summed E-state index contributed by atoms with van der Waals surface area (Å²) >= 11 is 0. The van der Waals surface area contributed by atoms with Crippen LogP contribution in [0, 0.1) is 0 Å². The van der Waals surface area contributed by atoms with Crippen molar-refractivity contribution in [1.29, 1.82) is 0 Å². The summed E-state index contributed by atoms with van der Waals surface area (Å²) in [6.07, 6.45) is 0. The van der Waals surface area contributed by atoms with Gasteiger partial charge in [-0.05, 0) is 27.4 Å². The van der Waals surface area contributed by atoms with Crippen molar-refractivity contribution in [3.05, 3.63) is 60.4 Å². The molecule has 1 heterocycles. The SMILES string of the molecule is c1ccc(-c2c[pH]c3ccccc23)cc1. The largest absolute Gasteiger partial charge is 0.131 e. The van der Waals surface area contributed by atoms with Crippen molar-refractivity contribution < 1.29 is 0 Å². The number of hydrogen-bond donors (Lipinski definition) is 0. The summed E-state index contributed by atoms with van der Waals surface area (Å²) in [5, 5.41) is 2.87. The molecule has 1 heteroatoms. The van der Waals surface area contributed by atoms with Crippen molar-refractivity contribution in [3.63, 3.8) is 0 Å². The molecule has 0 saturated carbocycles. The van der Waals surface area contributed by atoms with E-state index in [9.17, 15) is 0 Å². The van der Waals surface area contributed by atoms with E-state index in [0.29, 0.717) is 0 Å². The number of hydrogen-bond acceptors (Lipinski definition) is 0. The first-order valence-electron chi connectivity index (χ1n) is 5.07. The molecule has 0 aliphatic carbocycles. The first-order valence-corrected chi connectivity index (χ1v) is 6.14. The van der Waals surface area contributed by atoms with Gasteiger partial charge in [0.15, 0.2) is 0 Å². The van der Waals surface area contributed by atoms with Crippen LogP contribution in [0.15, 0.2) is 60.4 Å². The van der Waals surface area contributed by atoms with Crippen LogP contribution in [0.3, 0.4) is 0 Å². The molecule has 0 radical (unpaired) electrons. The van der Waals surface area contributed by atoms with Gasteiger partial charge in [-0.25, -0.2) is 0 Å². The van der Waals surface area contributed by atoms with E-state index in [4.69, 9.17) is 0 Å². The minimum absolute atomic E-state index is 0.824. The van der Waals surface area contributed by atoms with Crippen molar-refractivity contribution in [3.8, 4) is 11.1 Å². The first-order chi connectivity index (χ1) is 7.45. The molecule has 0 fully saturated rings. The Morgan fingerprint density at radius 2 is 1.47 bits per heavy atom. The Kier molecular flexibility index (Phi) is 2.08. The second-order valence-corrected chi connectivity index (χ2v) is 4.73. The monoisotopic (exact) mass is 210 g/mol. The van der Waals surface area contributed by atoms with E-state index < -0.39 is 0 Å². The van der Waals surface area contributed by atoms with Gasteiger partial charge in [-0.2, -0.15) is 0 Å². The summed E-state index contributed by atoms with van der Waals surface area (Å²) in [6, 6.07) is 19.3. The normalized spacial score (nSPS) is 11.2. The van der Waals surface area contributed by atoms with Gasteiger partial charge in [0.05, 0.1) is 0 Å². The zero-order valence-electron chi connectivity index (χ0n) is 8.27. The summed E-state index contributed by atoms with van der Waals surface area (Å²) in [7, 11) is 0.824. The van der Waals surface area contributed by atoms with Crippen LogP contribution in [0.1, 0.15) is 0 Å². The van der Waals surface area contributed by atoms with Gasteiger partial charge in [0.2, 0.25) is 0 Å². The van der Waals surface area contributed by atoms with Crippen LogP contribution in [0.5, 0.6) is 0 Å². The Morgan fingerprint density at radius 1 is 0.733 bits per heavy atom. The predicted molar refractivity (Wildman–Crippen MR) is 68.9 cm³/mol. The van der Waals surface area contributed by atoms with Crippen LogP contribution in [-0.2, 0) is 0 Å². The highest BCUT2D eigenvalue weighted by Crippen LogP contribution is 2.36. The van der Waals surface area contributed by atoms with Crippen molar-refractivity contribution in [2.75, 3.05) is 0 Å². The van der Waals surface area contributed by atoms with Crippen LogP contribution in [0.2, 0.25) is 0 Å². The van der Waals surface area contributed by atoms with E-state index in [0.717, 1.165) is 8.19 Å². The maximum atomic E-state index is 2.35. The fraction of sp³-hybridized carbons (Fsp3) is 0. The van der Waals surface area contributed by atoms with Crippen molar-refractivity contribution in [2.24, 2.45) is 0 Å². The standard InChI is InChI=1S/C14H11P/c1-2-6-11(7-3-1)13-10-15-14-9-5-4-8-12(13)14/h1-10,15H. The van der Waals surface area contributed by atoms with Gasteiger partial charge < -0.3 is 0 Å². The lowest BCUT2D eigenvalue weighted by Gasteiger charge is -1.98. The summed E-state index contributed by atoms with van der Waals surface area (Å²) in [5.41, 5.74) is 2.72. The number of benzene rings is 2. The highest BCUT2D eigenvalue weighted by molar-refractivity contribution is 7.36.